The average molecular weight is 287 g/mol. The first kappa shape index (κ1) is 14.8. The lowest BCUT2D eigenvalue weighted by Crippen LogP contribution is -2.08. The molecule has 0 amide bonds. The quantitative estimate of drug-likeness (QED) is 0.488. The van der Waals surface area contributed by atoms with Crippen LogP contribution in [-0.4, -0.2) is 10.7 Å². The molecule has 108 valence electrons. The molecule has 0 unspecified atom stereocenters. The van der Waals surface area contributed by atoms with E-state index in [1.807, 2.05) is 32.0 Å². The molecule has 0 aliphatic rings. The molecule has 0 aliphatic heterocycles. The van der Waals surface area contributed by atoms with E-state index < -0.39 is 22.2 Å². The van der Waals surface area contributed by atoms with Crippen LogP contribution in [0.25, 0.3) is 0 Å². The summed E-state index contributed by atoms with van der Waals surface area (Å²) in [6.45, 7) is 3.79. The summed E-state index contributed by atoms with van der Waals surface area (Å²) >= 11 is 0. The summed E-state index contributed by atoms with van der Waals surface area (Å²) in [7, 11) is 0. The van der Waals surface area contributed by atoms with Crippen molar-refractivity contribution >= 4 is 11.5 Å². The van der Waals surface area contributed by atoms with Gasteiger partial charge in [-0.3, -0.25) is 14.9 Å². The van der Waals surface area contributed by atoms with Crippen molar-refractivity contribution in [1.29, 1.82) is 0 Å². The van der Waals surface area contributed by atoms with Crippen molar-refractivity contribution in [2.24, 2.45) is 0 Å². The number of benzene rings is 2. The standard InChI is InChI=1S/C16H14FNO3/c1-10-3-4-11(2)12(7-10)8-16(19)14-6-5-13(17)9-15(14)18(20)21/h3-7,9H,8H2,1-2H3. The average Bonchev–Trinajstić information content (AvgIpc) is 2.42. The monoisotopic (exact) mass is 287 g/mol. The van der Waals surface area contributed by atoms with E-state index >= 15 is 0 Å². The van der Waals surface area contributed by atoms with Gasteiger partial charge in [-0.25, -0.2) is 4.39 Å². The third-order valence-electron chi connectivity index (χ3n) is 3.31. The fourth-order valence-corrected chi connectivity index (χ4v) is 2.15. The van der Waals surface area contributed by atoms with Crippen LogP contribution >= 0.6 is 0 Å². The molecular weight excluding hydrogens is 273 g/mol. The zero-order valence-corrected chi connectivity index (χ0v) is 11.7. The van der Waals surface area contributed by atoms with E-state index in [9.17, 15) is 19.3 Å². The molecule has 0 saturated carbocycles. The van der Waals surface area contributed by atoms with Gasteiger partial charge in [-0.05, 0) is 37.1 Å². The SMILES string of the molecule is Cc1ccc(C)c(CC(=O)c2ccc(F)cc2[N+](=O)[O-])c1. The number of nitro benzene ring substituents is 1. The Morgan fingerprint density at radius 2 is 1.90 bits per heavy atom. The number of aryl methyl sites for hydroxylation is 2. The number of carbonyl (C=O) groups is 1. The summed E-state index contributed by atoms with van der Waals surface area (Å²) in [5, 5.41) is 10.9. The highest BCUT2D eigenvalue weighted by molar-refractivity contribution is 6.01. The van der Waals surface area contributed by atoms with Gasteiger partial charge in [0.1, 0.15) is 5.82 Å². The number of nitro groups is 1. The smallest absolute Gasteiger partial charge is 0.283 e. The number of hydrogen-bond donors (Lipinski definition) is 0. The van der Waals surface area contributed by atoms with E-state index in [1.54, 1.807) is 0 Å². The Hall–Kier alpha value is -2.56. The Balaban J connectivity index is 2.37. The molecule has 0 N–H and O–H groups in total. The van der Waals surface area contributed by atoms with E-state index in [0.29, 0.717) is 0 Å². The molecule has 5 heteroatoms. The van der Waals surface area contributed by atoms with Crippen LogP contribution in [0.2, 0.25) is 0 Å². The van der Waals surface area contributed by atoms with Crippen molar-refractivity contribution in [2.75, 3.05) is 0 Å². The molecule has 0 fully saturated rings. The first-order valence-corrected chi connectivity index (χ1v) is 6.42. The molecule has 0 aromatic heterocycles. The lowest BCUT2D eigenvalue weighted by atomic mass is 9.97. The van der Waals surface area contributed by atoms with Gasteiger partial charge in [0, 0.05) is 6.42 Å². The molecule has 21 heavy (non-hydrogen) atoms. The van der Waals surface area contributed by atoms with E-state index in [0.717, 1.165) is 28.8 Å². The number of hydrogen-bond acceptors (Lipinski definition) is 3. The van der Waals surface area contributed by atoms with Crippen molar-refractivity contribution in [2.45, 2.75) is 20.3 Å². The van der Waals surface area contributed by atoms with Gasteiger partial charge in [0.25, 0.3) is 5.69 Å². The van der Waals surface area contributed by atoms with Gasteiger partial charge in [-0.2, -0.15) is 0 Å². The summed E-state index contributed by atoms with van der Waals surface area (Å²) in [4.78, 5) is 22.5. The zero-order chi connectivity index (χ0) is 15.6. The van der Waals surface area contributed by atoms with Gasteiger partial charge in [-0.15, -0.1) is 0 Å². The predicted molar refractivity (Wildman–Crippen MR) is 77.0 cm³/mol. The van der Waals surface area contributed by atoms with Gasteiger partial charge < -0.3 is 0 Å². The normalized spacial score (nSPS) is 10.4. The maximum atomic E-state index is 13.1. The van der Waals surface area contributed by atoms with Crippen molar-refractivity contribution in [3.63, 3.8) is 0 Å². The van der Waals surface area contributed by atoms with Crippen molar-refractivity contribution in [3.8, 4) is 0 Å². The summed E-state index contributed by atoms with van der Waals surface area (Å²) in [5.41, 5.74) is 2.21. The minimum absolute atomic E-state index is 0.0555. The molecule has 0 saturated heterocycles. The summed E-state index contributed by atoms with van der Waals surface area (Å²) in [6.07, 6.45) is 0.0555. The van der Waals surface area contributed by atoms with Crippen molar-refractivity contribution in [3.05, 3.63) is 74.6 Å². The predicted octanol–water partition coefficient (Wildman–Crippen LogP) is 3.78. The molecular formula is C16H14FNO3. The Labute approximate surface area is 121 Å². The third-order valence-corrected chi connectivity index (χ3v) is 3.31. The summed E-state index contributed by atoms with van der Waals surface area (Å²) in [5.74, 6) is -1.12. The summed E-state index contributed by atoms with van der Waals surface area (Å²) < 4.78 is 13.1. The number of rotatable bonds is 4. The molecule has 0 radical (unpaired) electrons. The molecule has 2 aromatic rings. The molecule has 4 nitrogen and oxygen atoms in total. The molecule has 0 heterocycles. The van der Waals surface area contributed by atoms with E-state index in [4.69, 9.17) is 0 Å². The Morgan fingerprint density at radius 1 is 1.19 bits per heavy atom. The summed E-state index contributed by atoms with van der Waals surface area (Å²) in [6, 6.07) is 8.71. The van der Waals surface area contributed by atoms with Gasteiger partial charge in [0.15, 0.2) is 5.78 Å². The molecule has 0 aliphatic carbocycles. The van der Waals surface area contributed by atoms with Crippen LogP contribution in [-0.2, 0) is 6.42 Å². The van der Waals surface area contributed by atoms with E-state index in [1.165, 1.54) is 6.07 Å². The molecule has 2 aromatic carbocycles. The van der Waals surface area contributed by atoms with Gasteiger partial charge in [0.05, 0.1) is 16.6 Å². The number of carbonyl (C=O) groups excluding carboxylic acids is 1. The lowest BCUT2D eigenvalue weighted by Gasteiger charge is -2.07. The lowest BCUT2D eigenvalue weighted by molar-refractivity contribution is -0.385. The number of nitrogens with zero attached hydrogens (tertiary/aromatic N) is 1. The molecule has 0 bridgehead atoms. The minimum Gasteiger partial charge on any atom is -0.294 e. The Kier molecular flexibility index (Phi) is 4.12. The van der Waals surface area contributed by atoms with Crippen LogP contribution in [0, 0.1) is 29.8 Å². The second kappa shape index (κ2) is 5.83. The van der Waals surface area contributed by atoms with Crippen LogP contribution in [0.3, 0.4) is 0 Å². The highest BCUT2D eigenvalue weighted by Crippen LogP contribution is 2.22. The van der Waals surface area contributed by atoms with Crippen molar-refractivity contribution in [1.82, 2.24) is 0 Å². The van der Waals surface area contributed by atoms with Gasteiger partial charge in [0.2, 0.25) is 0 Å². The number of Topliss-reactive ketones (excluding diaryl/α,β-unsaturated/α-hetero) is 1. The fourth-order valence-electron chi connectivity index (χ4n) is 2.15. The Bertz CT molecular complexity index is 725. The van der Waals surface area contributed by atoms with E-state index in [2.05, 4.69) is 0 Å². The van der Waals surface area contributed by atoms with Crippen LogP contribution in [0.1, 0.15) is 27.0 Å². The van der Waals surface area contributed by atoms with Gasteiger partial charge >= 0.3 is 0 Å². The van der Waals surface area contributed by atoms with Crippen molar-refractivity contribution < 1.29 is 14.1 Å². The zero-order valence-electron chi connectivity index (χ0n) is 11.7. The van der Waals surface area contributed by atoms with Gasteiger partial charge in [-0.1, -0.05) is 23.8 Å². The Morgan fingerprint density at radius 3 is 2.57 bits per heavy atom. The molecule has 2 rings (SSSR count). The first-order valence-electron chi connectivity index (χ1n) is 6.42. The maximum Gasteiger partial charge on any atom is 0.283 e. The fraction of sp³-hybridized carbons (Fsp3) is 0.188. The van der Waals surface area contributed by atoms with Crippen LogP contribution in [0.4, 0.5) is 10.1 Å². The first-order chi connectivity index (χ1) is 9.88. The number of halogens is 1. The van der Waals surface area contributed by atoms with Crippen LogP contribution in [0.15, 0.2) is 36.4 Å². The topological polar surface area (TPSA) is 60.2 Å². The highest BCUT2D eigenvalue weighted by atomic mass is 19.1. The van der Waals surface area contributed by atoms with Crippen LogP contribution < -0.4 is 0 Å². The van der Waals surface area contributed by atoms with Crippen LogP contribution in [0.5, 0.6) is 0 Å². The molecule has 0 spiro atoms. The minimum atomic E-state index is -0.737. The third kappa shape index (κ3) is 3.31. The van der Waals surface area contributed by atoms with E-state index in [-0.39, 0.29) is 12.0 Å². The highest BCUT2D eigenvalue weighted by Gasteiger charge is 2.21. The second-order valence-corrected chi connectivity index (χ2v) is 4.95. The maximum absolute atomic E-state index is 13.1. The largest absolute Gasteiger partial charge is 0.294 e. The second-order valence-electron chi connectivity index (χ2n) is 4.95. The number of ketones is 1. The molecule has 0 atom stereocenters.